The molecule has 0 saturated heterocycles. The molecule has 0 radical (unpaired) electrons. The molecule has 0 aliphatic carbocycles. The molecule has 0 fully saturated rings. The zero-order chi connectivity index (χ0) is 14.8. The van der Waals surface area contributed by atoms with Crippen LogP contribution in [-0.2, 0) is 10.3 Å². The molecule has 0 bridgehead atoms. The molecule has 0 aliphatic rings. The second-order valence-corrected chi connectivity index (χ2v) is 5.11. The zero-order valence-corrected chi connectivity index (χ0v) is 12.3. The van der Waals surface area contributed by atoms with Gasteiger partial charge in [0.2, 0.25) is 0 Å². The Hall–Kier alpha value is -1.87. The maximum Gasteiger partial charge on any atom is 0.328 e. The van der Waals surface area contributed by atoms with Crippen LogP contribution in [0.4, 0.5) is 0 Å². The van der Waals surface area contributed by atoms with Gasteiger partial charge in [0, 0.05) is 0 Å². The van der Waals surface area contributed by atoms with Gasteiger partial charge in [-0.05, 0) is 42.4 Å². The SMILES string of the molecule is CCN(CC)C(C)(C(=O)O)c1ccc2ccccc2c1. The quantitative estimate of drug-likeness (QED) is 0.905. The third-order valence-corrected chi connectivity index (χ3v) is 4.12. The predicted molar refractivity (Wildman–Crippen MR) is 81.9 cm³/mol. The van der Waals surface area contributed by atoms with Gasteiger partial charge in [-0.25, -0.2) is 4.79 Å². The summed E-state index contributed by atoms with van der Waals surface area (Å²) in [5.41, 5.74) is -0.166. The minimum absolute atomic E-state index is 0.701. The van der Waals surface area contributed by atoms with E-state index in [0.29, 0.717) is 13.1 Å². The Bertz CT molecular complexity index is 619. The van der Waals surface area contributed by atoms with Crippen molar-refractivity contribution in [2.75, 3.05) is 13.1 Å². The number of carboxylic acid groups (broad SMARTS) is 1. The summed E-state index contributed by atoms with van der Waals surface area (Å²) in [5.74, 6) is -0.809. The average Bonchev–Trinajstić information content (AvgIpc) is 2.47. The Labute approximate surface area is 119 Å². The average molecular weight is 271 g/mol. The minimum Gasteiger partial charge on any atom is -0.480 e. The van der Waals surface area contributed by atoms with Gasteiger partial charge in [0.1, 0.15) is 5.54 Å². The van der Waals surface area contributed by atoms with E-state index in [1.807, 2.05) is 61.2 Å². The molecule has 0 saturated carbocycles. The normalized spacial score (nSPS) is 14.4. The Morgan fingerprint density at radius 2 is 1.70 bits per heavy atom. The van der Waals surface area contributed by atoms with Gasteiger partial charge in [0.15, 0.2) is 0 Å². The number of carboxylic acids is 1. The summed E-state index contributed by atoms with van der Waals surface area (Å²) in [6.45, 7) is 7.17. The maximum atomic E-state index is 11.9. The lowest BCUT2D eigenvalue weighted by molar-refractivity contribution is -0.151. The minimum atomic E-state index is -0.993. The van der Waals surface area contributed by atoms with E-state index >= 15 is 0 Å². The van der Waals surface area contributed by atoms with Crippen LogP contribution in [0, 0.1) is 0 Å². The Kier molecular flexibility index (Phi) is 4.09. The third kappa shape index (κ3) is 2.29. The second kappa shape index (κ2) is 5.63. The fourth-order valence-electron chi connectivity index (χ4n) is 2.79. The van der Waals surface area contributed by atoms with Gasteiger partial charge < -0.3 is 5.11 Å². The van der Waals surface area contributed by atoms with Crippen molar-refractivity contribution in [2.24, 2.45) is 0 Å². The lowest BCUT2D eigenvalue weighted by Crippen LogP contribution is -2.49. The number of aliphatic carboxylic acids is 1. The van der Waals surface area contributed by atoms with Crippen LogP contribution in [-0.4, -0.2) is 29.1 Å². The van der Waals surface area contributed by atoms with E-state index in [1.165, 1.54) is 0 Å². The summed E-state index contributed by atoms with van der Waals surface area (Å²) in [6.07, 6.45) is 0. The largest absolute Gasteiger partial charge is 0.480 e. The molecule has 1 unspecified atom stereocenters. The molecule has 1 N–H and O–H groups in total. The van der Waals surface area contributed by atoms with E-state index in [2.05, 4.69) is 0 Å². The van der Waals surface area contributed by atoms with Gasteiger partial charge in [0.05, 0.1) is 0 Å². The summed E-state index contributed by atoms with van der Waals surface area (Å²) < 4.78 is 0. The summed E-state index contributed by atoms with van der Waals surface area (Å²) in [5, 5.41) is 12.0. The second-order valence-electron chi connectivity index (χ2n) is 5.11. The third-order valence-electron chi connectivity index (χ3n) is 4.12. The van der Waals surface area contributed by atoms with Crippen molar-refractivity contribution in [3.63, 3.8) is 0 Å². The molecule has 0 aliphatic heterocycles. The molecule has 0 spiro atoms. The zero-order valence-electron chi connectivity index (χ0n) is 12.3. The lowest BCUT2D eigenvalue weighted by atomic mass is 9.88. The molecule has 0 aromatic heterocycles. The van der Waals surface area contributed by atoms with E-state index in [1.54, 1.807) is 6.92 Å². The van der Waals surface area contributed by atoms with Crippen molar-refractivity contribution in [2.45, 2.75) is 26.3 Å². The highest BCUT2D eigenvalue weighted by Gasteiger charge is 2.39. The molecule has 0 amide bonds. The molecule has 2 aromatic rings. The van der Waals surface area contributed by atoms with Crippen LogP contribution in [0.25, 0.3) is 10.8 Å². The van der Waals surface area contributed by atoms with E-state index < -0.39 is 11.5 Å². The summed E-state index contributed by atoms with van der Waals surface area (Å²) in [7, 11) is 0. The highest BCUT2D eigenvalue weighted by molar-refractivity contribution is 5.86. The van der Waals surface area contributed by atoms with Gasteiger partial charge in [-0.15, -0.1) is 0 Å². The van der Waals surface area contributed by atoms with E-state index in [0.717, 1.165) is 16.3 Å². The van der Waals surface area contributed by atoms with Crippen molar-refractivity contribution < 1.29 is 9.90 Å². The van der Waals surface area contributed by atoms with E-state index in [-0.39, 0.29) is 0 Å². The van der Waals surface area contributed by atoms with Crippen LogP contribution >= 0.6 is 0 Å². The number of carbonyl (C=O) groups is 1. The van der Waals surface area contributed by atoms with Crippen LogP contribution < -0.4 is 0 Å². The van der Waals surface area contributed by atoms with Crippen LogP contribution in [0.15, 0.2) is 42.5 Å². The molecule has 2 aromatic carbocycles. The topological polar surface area (TPSA) is 40.5 Å². The molecule has 2 rings (SSSR count). The van der Waals surface area contributed by atoms with Gasteiger partial charge in [-0.1, -0.05) is 50.2 Å². The number of hydrogen-bond donors (Lipinski definition) is 1. The number of nitrogens with zero attached hydrogens (tertiary/aromatic N) is 1. The number of benzene rings is 2. The standard InChI is InChI=1S/C17H21NO2/c1-4-18(5-2)17(3,16(19)20)15-11-10-13-8-6-7-9-14(13)12-15/h6-12H,4-5H2,1-3H3,(H,19,20). The predicted octanol–water partition coefficient (Wildman–Crippen LogP) is 3.48. The smallest absolute Gasteiger partial charge is 0.328 e. The van der Waals surface area contributed by atoms with Crippen LogP contribution in [0.5, 0.6) is 0 Å². The van der Waals surface area contributed by atoms with Crippen molar-refractivity contribution in [1.82, 2.24) is 4.90 Å². The van der Waals surface area contributed by atoms with Gasteiger partial charge in [-0.3, -0.25) is 4.90 Å². The Balaban J connectivity index is 2.59. The summed E-state index contributed by atoms with van der Waals surface area (Å²) in [6, 6.07) is 13.9. The van der Waals surface area contributed by atoms with Crippen molar-refractivity contribution in [1.29, 1.82) is 0 Å². The van der Waals surface area contributed by atoms with Crippen molar-refractivity contribution >= 4 is 16.7 Å². The van der Waals surface area contributed by atoms with Gasteiger partial charge in [0.25, 0.3) is 0 Å². The lowest BCUT2D eigenvalue weighted by Gasteiger charge is -2.37. The van der Waals surface area contributed by atoms with Crippen molar-refractivity contribution in [3.8, 4) is 0 Å². The molecular formula is C17H21NO2. The molecule has 20 heavy (non-hydrogen) atoms. The Morgan fingerprint density at radius 1 is 1.10 bits per heavy atom. The number of likely N-dealkylation sites (N-methyl/N-ethyl adjacent to an activating group) is 1. The molecule has 3 heteroatoms. The monoisotopic (exact) mass is 271 g/mol. The molecule has 0 heterocycles. The number of fused-ring (bicyclic) bond motifs is 1. The van der Waals surface area contributed by atoms with E-state index in [4.69, 9.17) is 0 Å². The number of hydrogen-bond acceptors (Lipinski definition) is 2. The van der Waals surface area contributed by atoms with Crippen LogP contribution in [0.3, 0.4) is 0 Å². The first-order valence-electron chi connectivity index (χ1n) is 7.01. The first-order chi connectivity index (χ1) is 9.53. The maximum absolute atomic E-state index is 11.9. The van der Waals surface area contributed by atoms with E-state index in [9.17, 15) is 9.90 Å². The van der Waals surface area contributed by atoms with Crippen LogP contribution in [0.2, 0.25) is 0 Å². The van der Waals surface area contributed by atoms with Gasteiger partial charge in [-0.2, -0.15) is 0 Å². The molecule has 106 valence electrons. The fraction of sp³-hybridized carbons (Fsp3) is 0.353. The summed E-state index contributed by atoms with van der Waals surface area (Å²) >= 11 is 0. The highest BCUT2D eigenvalue weighted by atomic mass is 16.4. The fourth-order valence-corrected chi connectivity index (χ4v) is 2.79. The van der Waals surface area contributed by atoms with Crippen LogP contribution in [0.1, 0.15) is 26.3 Å². The molecular weight excluding hydrogens is 250 g/mol. The first kappa shape index (κ1) is 14.5. The molecule has 1 atom stereocenters. The number of rotatable bonds is 5. The Morgan fingerprint density at radius 3 is 2.25 bits per heavy atom. The van der Waals surface area contributed by atoms with Crippen molar-refractivity contribution in [3.05, 3.63) is 48.0 Å². The first-order valence-corrected chi connectivity index (χ1v) is 7.01. The summed E-state index contributed by atoms with van der Waals surface area (Å²) in [4.78, 5) is 13.8. The molecule has 3 nitrogen and oxygen atoms in total. The highest BCUT2D eigenvalue weighted by Crippen LogP contribution is 2.30. The van der Waals surface area contributed by atoms with Gasteiger partial charge >= 0.3 is 5.97 Å².